The molecule has 1 atom stereocenters. The number of nitrogens with zero attached hydrogens (tertiary/aromatic N) is 1. The minimum Gasteiger partial charge on any atom is -0.368 e. The predicted molar refractivity (Wildman–Crippen MR) is 109 cm³/mol. The van der Waals surface area contributed by atoms with Gasteiger partial charge in [-0.1, -0.05) is 18.2 Å². The lowest BCUT2D eigenvalue weighted by molar-refractivity contribution is -0.124. The predicted octanol–water partition coefficient (Wildman–Crippen LogP) is 3.71. The van der Waals surface area contributed by atoms with Crippen LogP contribution in [0.25, 0.3) is 10.9 Å². The van der Waals surface area contributed by atoms with E-state index >= 15 is 0 Å². The fourth-order valence-corrected chi connectivity index (χ4v) is 3.55. The quantitative estimate of drug-likeness (QED) is 0.712. The van der Waals surface area contributed by atoms with E-state index in [2.05, 4.69) is 16.7 Å². The van der Waals surface area contributed by atoms with Crippen molar-refractivity contribution < 1.29 is 14.3 Å². The highest BCUT2D eigenvalue weighted by Crippen LogP contribution is 2.20. The highest BCUT2D eigenvalue weighted by Gasteiger charge is 2.23. The van der Waals surface area contributed by atoms with E-state index < -0.39 is 0 Å². The number of para-hydroxylation sites is 1. The molecule has 2 aromatic carbocycles. The molecule has 1 aliphatic rings. The molecule has 1 aliphatic heterocycles. The number of fused-ring (bicyclic) bond motifs is 1. The Morgan fingerprint density at radius 3 is 2.50 bits per heavy atom. The largest absolute Gasteiger partial charge is 0.368 e. The molecule has 1 aromatic heterocycles. The number of benzene rings is 2. The van der Waals surface area contributed by atoms with Crippen LogP contribution in [0.2, 0.25) is 0 Å². The van der Waals surface area contributed by atoms with E-state index in [1.165, 1.54) is 0 Å². The Morgan fingerprint density at radius 2 is 1.79 bits per heavy atom. The fourth-order valence-electron chi connectivity index (χ4n) is 3.55. The number of carbonyl (C=O) groups is 2. The van der Waals surface area contributed by atoms with Gasteiger partial charge in [0.1, 0.15) is 12.6 Å². The van der Waals surface area contributed by atoms with Crippen molar-refractivity contribution in [3.63, 3.8) is 0 Å². The van der Waals surface area contributed by atoms with Gasteiger partial charge in [-0.25, -0.2) is 0 Å². The summed E-state index contributed by atoms with van der Waals surface area (Å²) in [5.41, 5.74) is 3.46. The summed E-state index contributed by atoms with van der Waals surface area (Å²) in [4.78, 5) is 24.6. The highest BCUT2D eigenvalue weighted by atomic mass is 16.5. The van der Waals surface area contributed by atoms with Crippen molar-refractivity contribution in [2.45, 2.75) is 32.4 Å². The van der Waals surface area contributed by atoms with Gasteiger partial charge < -0.3 is 19.9 Å². The van der Waals surface area contributed by atoms with E-state index in [9.17, 15) is 9.59 Å². The molecular weight excluding hydrogens is 354 g/mol. The van der Waals surface area contributed by atoms with Crippen LogP contribution in [-0.4, -0.2) is 29.1 Å². The minimum atomic E-state index is -0.362. The molecule has 0 spiro atoms. The summed E-state index contributed by atoms with van der Waals surface area (Å²) in [6, 6.07) is 17.2. The van der Waals surface area contributed by atoms with Gasteiger partial charge in [-0.05, 0) is 61.5 Å². The Morgan fingerprint density at radius 1 is 1.07 bits per heavy atom. The average Bonchev–Trinajstić information content (AvgIpc) is 3.32. The normalized spacial score (nSPS) is 16.2. The third-order valence-electron chi connectivity index (χ3n) is 4.98. The van der Waals surface area contributed by atoms with E-state index in [4.69, 9.17) is 4.74 Å². The Kier molecular flexibility index (Phi) is 5.12. The Balaban J connectivity index is 1.38. The number of amides is 2. The van der Waals surface area contributed by atoms with E-state index in [0.717, 1.165) is 29.4 Å². The van der Waals surface area contributed by atoms with Crippen LogP contribution < -0.4 is 10.6 Å². The van der Waals surface area contributed by atoms with E-state index in [1.807, 2.05) is 35.8 Å². The molecule has 4 rings (SSSR count). The molecule has 1 unspecified atom stereocenters. The molecule has 1 fully saturated rings. The third kappa shape index (κ3) is 3.92. The zero-order chi connectivity index (χ0) is 19.5. The molecule has 144 valence electrons. The second-order valence-corrected chi connectivity index (χ2v) is 7.05. The lowest BCUT2D eigenvalue weighted by Crippen LogP contribution is -2.26. The van der Waals surface area contributed by atoms with Crippen LogP contribution in [-0.2, 0) is 20.9 Å². The Hall–Kier alpha value is -3.12. The van der Waals surface area contributed by atoms with Crippen LogP contribution in [0.1, 0.15) is 18.5 Å². The topological polar surface area (TPSA) is 72.4 Å². The van der Waals surface area contributed by atoms with Crippen molar-refractivity contribution in [2.24, 2.45) is 0 Å². The standard InChI is InChI=1S/C22H23N3O3/c1-15-13-16-5-2-3-6-19(16)25(15)14-21(26)23-17-8-10-18(11-9-17)24-22(27)20-7-4-12-28-20/h2-3,5-6,8-11,13,20H,4,7,12,14H2,1H3,(H,23,26)(H,24,27). The van der Waals surface area contributed by atoms with Gasteiger partial charge >= 0.3 is 0 Å². The first-order chi connectivity index (χ1) is 13.6. The molecule has 6 heteroatoms. The number of rotatable bonds is 5. The first-order valence-electron chi connectivity index (χ1n) is 9.47. The molecule has 6 nitrogen and oxygen atoms in total. The maximum absolute atomic E-state index is 12.5. The molecule has 0 saturated carbocycles. The van der Waals surface area contributed by atoms with Crippen molar-refractivity contribution in [1.29, 1.82) is 0 Å². The van der Waals surface area contributed by atoms with E-state index in [0.29, 0.717) is 18.0 Å². The maximum Gasteiger partial charge on any atom is 0.253 e. The molecule has 1 saturated heterocycles. The summed E-state index contributed by atoms with van der Waals surface area (Å²) in [5.74, 6) is -0.218. The van der Waals surface area contributed by atoms with Crippen LogP contribution in [0, 0.1) is 6.92 Å². The summed E-state index contributed by atoms with van der Waals surface area (Å²) < 4.78 is 7.38. The minimum absolute atomic E-state index is 0.0967. The maximum atomic E-state index is 12.5. The molecule has 0 bridgehead atoms. The van der Waals surface area contributed by atoms with Gasteiger partial charge in [0.05, 0.1) is 0 Å². The summed E-state index contributed by atoms with van der Waals surface area (Å²) in [6.07, 6.45) is 1.31. The molecule has 3 aromatic rings. The van der Waals surface area contributed by atoms with Gasteiger partial charge in [-0.2, -0.15) is 0 Å². The highest BCUT2D eigenvalue weighted by molar-refractivity contribution is 5.95. The molecule has 28 heavy (non-hydrogen) atoms. The number of aromatic nitrogens is 1. The van der Waals surface area contributed by atoms with Crippen LogP contribution >= 0.6 is 0 Å². The fraction of sp³-hybridized carbons (Fsp3) is 0.273. The molecule has 0 aliphatic carbocycles. The van der Waals surface area contributed by atoms with E-state index in [-0.39, 0.29) is 24.5 Å². The summed E-state index contributed by atoms with van der Waals surface area (Å²) in [5, 5.41) is 6.88. The van der Waals surface area contributed by atoms with Crippen molar-refractivity contribution in [2.75, 3.05) is 17.2 Å². The number of carbonyl (C=O) groups excluding carboxylic acids is 2. The number of anilines is 2. The molecule has 2 heterocycles. The van der Waals surface area contributed by atoms with Crippen molar-refractivity contribution in [3.05, 3.63) is 60.3 Å². The molecular formula is C22H23N3O3. The second kappa shape index (κ2) is 7.86. The van der Waals surface area contributed by atoms with Gasteiger partial charge in [0.2, 0.25) is 5.91 Å². The Labute approximate surface area is 163 Å². The summed E-state index contributed by atoms with van der Waals surface area (Å²) in [6.45, 7) is 2.88. The van der Waals surface area contributed by atoms with Crippen molar-refractivity contribution in [1.82, 2.24) is 4.57 Å². The van der Waals surface area contributed by atoms with Gasteiger partial charge in [-0.3, -0.25) is 9.59 Å². The summed E-state index contributed by atoms with van der Waals surface area (Å²) in [7, 11) is 0. The lowest BCUT2D eigenvalue weighted by Gasteiger charge is -2.12. The van der Waals surface area contributed by atoms with E-state index in [1.54, 1.807) is 24.3 Å². The van der Waals surface area contributed by atoms with Crippen molar-refractivity contribution >= 4 is 34.1 Å². The number of hydrogen-bond donors (Lipinski definition) is 2. The summed E-state index contributed by atoms with van der Waals surface area (Å²) >= 11 is 0. The average molecular weight is 377 g/mol. The molecule has 2 amide bonds. The first kappa shape index (κ1) is 18.3. The SMILES string of the molecule is Cc1cc2ccccc2n1CC(=O)Nc1ccc(NC(=O)C2CCCO2)cc1. The third-order valence-corrected chi connectivity index (χ3v) is 4.98. The lowest BCUT2D eigenvalue weighted by atomic mass is 10.2. The van der Waals surface area contributed by atoms with Gasteiger partial charge in [0, 0.05) is 29.2 Å². The first-order valence-corrected chi connectivity index (χ1v) is 9.47. The van der Waals surface area contributed by atoms with Crippen molar-refractivity contribution in [3.8, 4) is 0 Å². The molecule has 2 N–H and O–H groups in total. The van der Waals surface area contributed by atoms with Gasteiger partial charge in [0.25, 0.3) is 5.91 Å². The van der Waals surface area contributed by atoms with Crippen LogP contribution in [0.15, 0.2) is 54.6 Å². The van der Waals surface area contributed by atoms with Crippen LogP contribution in [0.3, 0.4) is 0 Å². The number of aryl methyl sites for hydroxylation is 1. The number of hydrogen-bond acceptors (Lipinski definition) is 3. The van der Waals surface area contributed by atoms with Crippen LogP contribution in [0.5, 0.6) is 0 Å². The van der Waals surface area contributed by atoms with Gasteiger partial charge in [0.15, 0.2) is 0 Å². The van der Waals surface area contributed by atoms with Gasteiger partial charge in [-0.15, -0.1) is 0 Å². The zero-order valence-electron chi connectivity index (χ0n) is 15.8. The monoisotopic (exact) mass is 377 g/mol. The second-order valence-electron chi connectivity index (χ2n) is 7.05. The zero-order valence-corrected chi connectivity index (χ0v) is 15.8. The number of nitrogens with one attached hydrogen (secondary N) is 2. The smallest absolute Gasteiger partial charge is 0.253 e. The Bertz CT molecular complexity index is 1000. The number of ether oxygens (including phenoxy) is 1. The molecule has 0 radical (unpaired) electrons. The van der Waals surface area contributed by atoms with Crippen LogP contribution in [0.4, 0.5) is 11.4 Å².